The maximum Gasteiger partial charge on any atom is 0.230 e. The number of nitrogens with zero attached hydrogens (tertiary/aromatic N) is 2. The van der Waals surface area contributed by atoms with E-state index in [0.29, 0.717) is 6.54 Å². The van der Waals surface area contributed by atoms with Crippen LogP contribution in [-0.2, 0) is 9.59 Å². The van der Waals surface area contributed by atoms with E-state index in [0.717, 1.165) is 26.2 Å². The van der Waals surface area contributed by atoms with Crippen molar-refractivity contribution in [1.82, 2.24) is 15.5 Å². The summed E-state index contributed by atoms with van der Waals surface area (Å²) < 4.78 is 0.773. The third kappa shape index (κ3) is 5.93. The summed E-state index contributed by atoms with van der Waals surface area (Å²) in [4.78, 5) is 23.7. The standard InChI is InChI=1S/C16H20N4O2S2/c1-10-4-5-13(11(2)8-10)18-14(21)6-7-17-15(22)9-23-16-20-19-12(3)24-16/h4-5,8H,6-7,9H2,1-3H3,(H,17,22)(H,18,21). The first-order chi connectivity index (χ1) is 11.4. The molecule has 2 N–H and O–H groups in total. The summed E-state index contributed by atoms with van der Waals surface area (Å²) in [6.45, 7) is 6.15. The average molecular weight is 364 g/mol. The molecule has 8 heteroatoms. The summed E-state index contributed by atoms with van der Waals surface area (Å²) in [5.74, 6) is 0.0367. The fraction of sp³-hybridized carbons (Fsp3) is 0.375. The van der Waals surface area contributed by atoms with Gasteiger partial charge < -0.3 is 10.6 Å². The van der Waals surface area contributed by atoms with Crippen molar-refractivity contribution in [3.63, 3.8) is 0 Å². The lowest BCUT2D eigenvalue weighted by atomic mass is 10.1. The second kappa shape index (κ2) is 8.79. The third-order valence-electron chi connectivity index (χ3n) is 3.16. The summed E-state index contributed by atoms with van der Waals surface area (Å²) in [6, 6.07) is 5.86. The Balaban J connectivity index is 1.67. The first-order valence-electron chi connectivity index (χ1n) is 7.51. The summed E-state index contributed by atoms with van der Waals surface area (Å²) in [6.07, 6.45) is 0.238. The zero-order valence-corrected chi connectivity index (χ0v) is 15.5. The topological polar surface area (TPSA) is 84.0 Å². The van der Waals surface area contributed by atoms with Crippen molar-refractivity contribution < 1.29 is 9.59 Å². The number of nitrogens with one attached hydrogen (secondary N) is 2. The second-order valence-electron chi connectivity index (χ2n) is 5.34. The van der Waals surface area contributed by atoms with Crippen LogP contribution in [0, 0.1) is 20.8 Å². The monoisotopic (exact) mass is 364 g/mol. The van der Waals surface area contributed by atoms with Crippen LogP contribution in [0.5, 0.6) is 0 Å². The van der Waals surface area contributed by atoms with Gasteiger partial charge in [-0.15, -0.1) is 10.2 Å². The van der Waals surface area contributed by atoms with Gasteiger partial charge in [0.25, 0.3) is 0 Å². The van der Waals surface area contributed by atoms with E-state index >= 15 is 0 Å². The van der Waals surface area contributed by atoms with Crippen LogP contribution in [-0.4, -0.2) is 34.3 Å². The van der Waals surface area contributed by atoms with Crippen molar-refractivity contribution >= 4 is 40.6 Å². The van der Waals surface area contributed by atoms with Gasteiger partial charge in [-0.25, -0.2) is 0 Å². The average Bonchev–Trinajstić information content (AvgIpc) is 2.94. The molecule has 0 radical (unpaired) electrons. The van der Waals surface area contributed by atoms with Gasteiger partial charge in [0, 0.05) is 18.7 Å². The number of carbonyl (C=O) groups excluding carboxylic acids is 2. The van der Waals surface area contributed by atoms with Crippen LogP contribution < -0.4 is 10.6 Å². The van der Waals surface area contributed by atoms with Crippen molar-refractivity contribution in [1.29, 1.82) is 0 Å². The molecular weight excluding hydrogens is 344 g/mol. The molecule has 0 fully saturated rings. The minimum absolute atomic E-state index is 0.116. The number of amides is 2. The highest BCUT2D eigenvalue weighted by atomic mass is 32.2. The van der Waals surface area contributed by atoms with E-state index in [9.17, 15) is 9.59 Å². The molecule has 0 bridgehead atoms. The van der Waals surface area contributed by atoms with Gasteiger partial charge in [0.1, 0.15) is 5.01 Å². The number of rotatable bonds is 7. The van der Waals surface area contributed by atoms with Gasteiger partial charge in [-0.2, -0.15) is 0 Å². The molecule has 0 spiro atoms. The molecule has 0 aliphatic rings. The molecule has 2 amide bonds. The molecule has 0 saturated carbocycles. The predicted molar refractivity (Wildman–Crippen MR) is 97.5 cm³/mol. The van der Waals surface area contributed by atoms with Crippen molar-refractivity contribution in [2.45, 2.75) is 31.5 Å². The van der Waals surface area contributed by atoms with E-state index in [1.807, 2.05) is 39.0 Å². The molecule has 1 aromatic carbocycles. The zero-order valence-electron chi connectivity index (χ0n) is 13.9. The van der Waals surface area contributed by atoms with Gasteiger partial charge in [-0.05, 0) is 32.4 Å². The molecule has 6 nitrogen and oxygen atoms in total. The number of hydrogen-bond acceptors (Lipinski definition) is 6. The Morgan fingerprint density at radius 3 is 2.62 bits per heavy atom. The SMILES string of the molecule is Cc1ccc(NC(=O)CCNC(=O)CSc2nnc(C)s2)c(C)c1. The molecule has 1 aromatic heterocycles. The smallest absolute Gasteiger partial charge is 0.230 e. The molecule has 2 rings (SSSR count). The van der Waals surface area contributed by atoms with Crippen LogP contribution in [0.25, 0.3) is 0 Å². The number of hydrogen-bond donors (Lipinski definition) is 2. The van der Waals surface area contributed by atoms with Crippen LogP contribution in [0.1, 0.15) is 22.6 Å². The lowest BCUT2D eigenvalue weighted by Gasteiger charge is -2.09. The maximum atomic E-state index is 11.9. The quantitative estimate of drug-likeness (QED) is 0.738. The fourth-order valence-electron chi connectivity index (χ4n) is 2.00. The van der Waals surface area contributed by atoms with Crippen molar-refractivity contribution in [3.8, 4) is 0 Å². The normalized spacial score (nSPS) is 10.5. The van der Waals surface area contributed by atoms with Gasteiger partial charge in [0.2, 0.25) is 11.8 Å². The Morgan fingerprint density at radius 2 is 1.96 bits per heavy atom. The van der Waals surface area contributed by atoms with Gasteiger partial charge >= 0.3 is 0 Å². The molecule has 0 aliphatic carbocycles. The molecule has 2 aromatic rings. The van der Waals surface area contributed by atoms with Crippen LogP contribution >= 0.6 is 23.1 Å². The predicted octanol–water partition coefficient (Wildman–Crippen LogP) is 2.70. The van der Waals surface area contributed by atoms with E-state index < -0.39 is 0 Å². The molecule has 0 saturated heterocycles. The number of carbonyl (C=O) groups is 2. The summed E-state index contributed by atoms with van der Waals surface area (Å²) in [5.41, 5.74) is 2.98. The second-order valence-corrected chi connectivity index (χ2v) is 7.75. The summed E-state index contributed by atoms with van der Waals surface area (Å²) >= 11 is 2.81. The minimum Gasteiger partial charge on any atom is -0.355 e. The molecule has 0 atom stereocenters. The fourth-order valence-corrected chi connectivity index (χ4v) is 3.64. The van der Waals surface area contributed by atoms with E-state index in [4.69, 9.17) is 0 Å². The minimum atomic E-state index is -0.118. The van der Waals surface area contributed by atoms with Gasteiger partial charge in [0.05, 0.1) is 5.75 Å². The maximum absolute atomic E-state index is 11.9. The first kappa shape index (κ1) is 18.4. The molecule has 1 heterocycles. The summed E-state index contributed by atoms with van der Waals surface area (Å²) in [5, 5.41) is 14.3. The Bertz CT molecular complexity index is 731. The van der Waals surface area contributed by atoms with Crippen molar-refractivity contribution in [2.75, 3.05) is 17.6 Å². The molecule has 128 valence electrons. The first-order valence-corrected chi connectivity index (χ1v) is 9.31. The molecular formula is C16H20N4O2S2. The van der Waals surface area contributed by atoms with E-state index in [-0.39, 0.29) is 24.0 Å². The molecule has 0 aliphatic heterocycles. The highest BCUT2D eigenvalue weighted by Crippen LogP contribution is 2.21. The van der Waals surface area contributed by atoms with E-state index in [1.165, 1.54) is 23.1 Å². The largest absolute Gasteiger partial charge is 0.355 e. The highest BCUT2D eigenvalue weighted by Gasteiger charge is 2.08. The highest BCUT2D eigenvalue weighted by molar-refractivity contribution is 8.01. The Labute approximate surface area is 149 Å². The number of thioether (sulfide) groups is 1. The number of aryl methyl sites for hydroxylation is 3. The van der Waals surface area contributed by atoms with E-state index in [2.05, 4.69) is 20.8 Å². The van der Waals surface area contributed by atoms with Gasteiger partial charge in [0.15, 0.2) is 4.34 Å². The van der Waals surface area contributed by atoms with Crippen LogP contribution in [0.15, 0.2) is 22.5 Å². The van der Waals surface area contributed by atoms with Crippen LogP contribution in [0.4, 0.5) is 5.69 Å². The van der Waals surface area contributed by atoms with Gasteiger partial charge in [-0.1, -0.05) is 40.8 Å². The molecule has 0 unspecified atom stereocenters. The zero-order chi connectivity index (χ0) is 17.5. The number of benzene rings is 1. The van der Waals surface area contributed by atoms with Crippen LogP contribution in [0.3, 0.4) is 0 Å². The lowest BCUT2D eigenvalue weighted by Crippen LogP contribution is -2.29. The Morgan fingerprint density at radius 1 is 1.17 bits per heavy atom. The number of anilines is 1. The van der Waals surface area contributed by atoms with Gasteiger partial charge in [-0.3, -0.25) is 9.59 Å². The Hall–Kier alpha value is -1.93. The number of aromatic nitrogens is 2. The third-order valence-corrected chi connectivity index (χ3v) is 5.14. The molecule has 24 heavy (non-hydrogen) atoms. The Kier molecular flexibility index (Phi) is 6.74. The van der Waals surface area contributed by atoms with Crippen molar-refractivity contribution in [3.05, 3.63) is 34.3 Å². The van der Waals surface area contributed by atoms with E-state index in [1.54, 1.807) is 0 Å². The van der Waals surface area contributed by atoms with Crippen LogP contribution in [0.2, 0.25) is 0 Å². The lowest BCUT2D eigenvalue weighted by molar-refractivity contribution is -0.119. The van der Waals surface area contributed by atoms with Crippen molar-refractivity contribution in [2.24, 2.45) is 0 Å². The summed E-state index contributed by atoms with van der Waals surface area (Å²) in [7, 11) is 0.